The number of halogens is 1. The number of anilines is 1. The average Bonchev–Trinajstić information content (AvgIpc) is 3.49. The minimum absolute atomic E-state index is 0.00331. The van der Waals surface area contributed by atoms with Gasteiger partial charge in [0.15, 0.2) is 11.5 Å². The van der Waals surface area contributed by atoms with Crippen LogP contribution in [0, 0.1) is 5.92 Å². The second-order valence-electron chi connectivity index (χ2n) is 8.45. The Labute approximate surface area is 196 Å². The van der Waals surface area contributed by atoms with E-state index in [0.29, 0.717) is 22.9 Å². The quantitative estimate of drug-likeness (QED) is 0.464. The molecule has 1 fully saturated rings. The van der Waals surface area contributed by atoms with Gasteiger partial charge in [-0.25, -0.2) is 0 Å². The van der Waals surface area contributed by atoms with Crippen molar-refractivity contribution in [1.82, 2.24) is 25.1 Å². The molecule has 5 rings (SSSR count). The van der Waals surface area contributed by atoms with Gasteiger partial charge in [-0.15, -0.1) is 15.3 Å². The molecule has 170 valence electrons. The monoisotopic (exact) mass is 464 g/mol. The Morgan fingerprint density at radius 3 is 2.67 bits per heavy atom. The van der Waals surface area contributed by atoms with E-state index in [1.165, 1.54) is 0 Å². The topological polar surface area (TPSA) is 88.6 Å². The summed E-state index contributed by atoms with van der Waals surface area (Å²) in [4.78, 5) is 14.9. The number of aromatic nitrogens is 4. The summed E-state index contributed by atoms with van der Waals surface area (Å²) in [6, 6.07) is 15.2. The Bertz CT molecular complexity index is 1230. The number of hydrogen-bond donors (Lipinski definition) is 1. The third kappa shape index (κ3) is 4.71. The highest BCUT2D eigenvalue weighted by Gasteiger charge is 2.27. The summed E-state index contributed by atoms with van der Waals surface area (Å²) in [5, 5.41) is 17.1. The lowest BCUT2D eigenvalue weighted by molar-refractivity contribution is -0.126. The predicted molar refractivity (Wildman–Crippen MR) is 126 cm³/mol. The van der Waals surface area contributed by atoms with E-state index in [0.717, 1.165) is 43.1 Å². The largest absolute Gasteiger partial charge is 0.469 e. The van der Waals surface area contributed by atoms with Gasteiger partial charge in [0.1, 0.15) is 11.6 Å². The van der Waals surface area contributed by atoms with E-state index < -0.39 is 0 Å². The smallest absolute Gasteiger partial charge is 0.223 e. The maximum absolute atomic E-state index is 12.7. The van der Waals surface area contributed by atoms with Gasteiger partial charge in [-0.3, -0.25) is 4.79 Å². The van der Waals surface area contributed by atoms with Crippen molar-refractivity contribution in [2.24, 2.45) is 5.92 Å². The van der Waals surface area contributed by atoms with E-state index in [9.17, 15) is 4.79 Å². The first kappa shape index (κ1) is 21.5. The van der Waals surface area contributed by atoms with Crippen LogP contribution in [-0.2, 0) is 11.2 Å². The lowest BCUT2D eigenvalue weighted by Gasteiger charge is -2.32. The summed E-state index contributed by atoms with van der Waals surface area (Å²) >= 11 is 6.01. The Kier molecular flexibility index (Phi) is 6.00. The first-order valence-electron chi connectivity index (χ1n) is 11.1. The molecule has 0 aliphatic carbocycles. The summed E-state index contributed by atoms with van der Waals surface area (Å²) in [6.45, 7) is 3.54. The van der Waals surface area contributed by atoms with Gasteiger partial charge in [0, 0.05) is 42.1 Å². The number of nitrogens with zero attached hydrogens (tertiary/aromatic N) is 5. The van der Waals surface area contributed by atoms with Crippen LogP contribution in [0.3, 0.4) is 0 Å². The molecule has 3 aromatic heterocycles. The third-order valence-electron chi connectivity index (χ3n) is 6.02. The standard InChI is InChI=1S/C24H25ClN6O2/c1-16(15-20-3-2-14-33-20)26-24(32)18-10-12-30(13-11-18)22-9-8-21-27-28-23(31(21)29-22)17-4-6-19(25)7-5-17/h2-9,14,16,18H,10-13,15H2,1H3,(H,26,32)/t16-/m0/s1. The number of piperidine rings is 1. The Hall–Kier alpha value is -3.39. The molecule has 0 radical (unpaired) electrons. The summed E-state index contributed by atoms with van der Waals surface area (Å²) in [5.41, 5.74) is 1.58. The Morgan fingerprint density at radius 2 is 1.94 bits per heavy atom. The number of hydrogen-bond acceptors (Lipinski definition) is 6. The molecule has 0 spiro atoms. The van der Waals surface area contributed by atoms with Crippen molar-refractivity contribution in [2.75, 3.05) is 18.0 Å². The second kappa shape index (κ2) is 9.23. The zero-order chi connectivity index (χ0) is 22.8. The van der Waals surface area contributed by atoms with Gasteiger partial charge in [-0.05, 0) is 68.3 Å². The summed E-state index contributed by atoms with van der Waals surface area (Å²) in [5.74, 6) is 2.52. The van der Waals surface area contributed by atoms with Gasteiger partial charge in [-0.2, -0.15) is 4.52 Å². The van der Waals surface area contributed by atoms with Crippen LogP contribution in [0.15, 0.2) is 59.2 Å². The highest BCUT2D eigenvalue weighted by atomic mass is 35.5. The number of nitrogens with one attached hydrogen (secondary N) is 1. The fraction of sp³-hybridized carbons (Fsp3) is 0.333. The predicted octanol–water partition coefficient (Wildman–Crippen LogP) is 4.00. The summed E-state index contributed by atoms with van der Waals surface area (Å²) in [7, 11) is 0. The molecule has 0 saturated carbocycles. The minimum atomic E-state index is 0.00331. The molecule has 1 aliphatic heterocycles. The lowest BCUT2D eigenvalue weighted by atomic mass is 9.95. The number of rotatable bonds is 6. The van der Waals surface area contributed by atoms with Crippen molar-refractivity contribution >= 4 is 29.0 Å². The maximum atomic E-state index is 12.7. The second-order valence-corrected chi connectivity index (χ2v) is 8.88. The lowest BCUT2D eigenvalue weighted by Crippen LogP contribution is -2.44. The van der Waals surface area contributed by atoms with Crippen molar-refractivity contribution in [2.45, 2.75) is 32.2 Å². The van der Waals surface area contributed by atoms with Crippen LogP contribution in [0.2, 0.25) is 5.02 Å². The van der Waals surface area contributed by atoms with Gasteiger partial charge in [0.25, 0.3) is 0 Å². The van der Waals surface area contributed by atoms with E-state index in [-0.39, 0.29) is 17.9 Å². The summed E-state index contributed by atoms with van der Waals surface area (Å²) < 4.78 is 7.14. The van der Waals surface area contributed by atoms with E-state index in [1.54, 1.807) is 10.8 Å². The SMILES string of the molecule is C[C@@H](Cc1ccco1)NC(=O)C1CCN(c2ccc3nnc(-c4ccc(Cl)cc4)n3n2)CC1. The van der Waals surface area contributed by atoms with Crippen LogP contribution < -0.4 is 10.2 Å². The molecule has 0 bridgehead atoms. The van der Waals surface area contributed by atoms with Crippen molar-refractivity contribution in [1.29, 1.82) is 0 Å². The van der Waals surface area contributed by atoms with Crippen LogP contribution in [0.5, 0.6) is 0 Å². The fourth-order valence-corrected chi connectivity index (χ4v) is 4.37. The number of carbonyl (C=O) groups excluding carboxylic acids is 1. The number of fused-ring (bicyclic) bond motifs is 1. The maximum Gasteiger partial charge on any atom is 0.223 e. The highest BCUT2D eigenvalue weighted by molar-refractivity contribution is 6.30. The van der Waals surface area contributed by atoms with Crippen LogP contribution in [-0.4, -0.2) is 44.8 Å². The van der Waals surface area contributed by atoms with E-state index >= 15 is 0 Å². The van der Waals surface area contributed by atoms with Gasteiger partial charge in [-0.1, -0.05) is 11.6 Å². The van der Waals surface area contributed by atoms with Crippen molar-refractivity contribution in [3.8, 4) is 11.4 Å². The molecule has 4 aromatic rings. The molecular weight excluding hydrogens is 440 g/mol. The van der Waals surface area contributed by atoms with E-state index in [4.69, 9.17) is 21.1 Å². The highest BCUT2D eigenvalue weighted by Crippen LogP contribution is 2.25. The van der Waals surface area contributed by atoms with Crippen LogP contribution in [0.1, 0.15) is 25.5 Å². The molecular formula is C24H25ClN6O2. The first-order valence-corrected chi connectivity index (χ1v) is 11.5. The Morgan fingerprint density at radius 1 is 1.15 bits per heavy atom. The summed E-state index contributed by atoms with van der Waals surface area (Å²) in [6.07, 6.45) is 3.91. The molecule has 1 amide bonds. The third-order valence-corrected chi connectivity index (χ3v) is 6.27. The fourth-order valence-electron chi connectivity index (χ4n) is 4.24. The van der Waals surface area contributed by atoms with E-state index in [1.807, 2.05) is 55.5 Å². The van der Waals surface area contributed by atoms with Crippen molar-refractivity contribution in [3.63, 3.8) is 0 Å². The number of carbonyl (C=O) groups is 1. The van der Waals surface area contributed by atoms with Gasteiger partial charge >= 0.3 is 0 Å². The van der Waals surface area contributed by atoms with Crippen LogP contribution in [0.25, 0.3) is 17.0 Å². The molecule has 1 atom stereocenters. The zero-order valence-corrected chi connectivity index (χ0v) is 19.1. The normalized spacial score (nSPS) is 15.6. The molecule has 1 saturated heterocycles. The zero-order valence-electron chi connectivity index (χ0n) is 18.3. The van der Waals surface area contributed by atoms with Crippen molar-refractivity contribution in [3.05, 3.63) is 65.6 Å². The van der Waals surface area contributed by atoms with Crippen LogP contribution >= 0.6 is 11.6 Å². The number of furan rings is 1. The minimum Gasteiger partial charge on any atom is -0.469 e. The van der Waals surface area contributed by atoms with Crippen molar-refractivity contribution < 1.29 is 9.21 Å². The molecule has 8 nitrogen and oxygen atoms in total. The van der Waals surface area contributed by atoms with E-state index in [2.05, 4.69) is 20.4 Å². The molecule has 33 heavy (non-hydrogen) atoms. The molecule has 1 aliphatic rings. The number of amides is 1. The van der Waals surface area contributed by atoms with Gasteiger partial charge in [0.05, 0.1) is 6.26 Å². The first-order chi connectivity index (χ1) is 16.1. The van der Waals surface area contributed by atoms with Crippen LogP contribution in [0.4, 0.5) is 5.82 Å². The molecule has 1 aromatic carbocycles. The van der Waals surface area contributed by atoms with Gasteiger partial charge in [0.2, 0.25) is 5.91 Å². The molecule has 1 N–H and O–H groups in total. The molecule has 9 heteroatoms. The molecule has 4 heterocycles. The Balaban J connectivity index is 1.23. The van der Waals surface area contributed by atoms with Gasteiger partial charge < -0.3 is 14.6 Å². The number of benzene rings is 1. The average molecular weight is 465 g/mol. The molecule has 0 unspecified atom stereocenters.